The number of hydrogen-bond acceptors (Lipinski definition) is 10. The summed E-state index contributed by atoms with van der Waals surface area (Å²) in [4.78, 5) is 0. The molecule has 2 unspecified atom stereocenters. The number of sulfonamides is 1. The molecule has 414 valence electrons. The van der Waals surface area contributed by atoms with E-state index in [1.165, 1.54) is 20.5 Å². The molecule has 14 nitrogen and oxygen atoms in total. The van der Waals surface area contributed by atoms with Gasteiger partial charge in [-0.15, -0.1) is 4.28 Å². The first-order chi connectivity index (χ1) is 32.5. The fourth-order valence-electron chi connectivity index (χ4n) is 6.40. The van der Waals surface area contributed by atoms with Gasteiger partial charge in [0.1, 0.15) is 25.6 Å². The van der Waals surface area contributed by atoms with Gasteiger partial charge in [-0.25, -0.2) is 8.78 Å². The highest BCUT2D eigenvalue weighted by molar-refractivity contribution is 7.99. The van der Waals surface area contributed by atoms with Crippen LogP contribution in [0.4, 0.5) is 90.5 Å². The number of unbranched alkanes of at least 4 members (excludes halogenated alkanes) is 6. The van der Waals surface area contributed by atoms with Crippen LogP contribution in [-0.2, 0) is 53.3 Å². The van der Waals surface area contributed by atoms with E-state index in [1.54, 1.807) is 45.5 Å². The summed E-state index contributed by atoms with van der Waals surface area (Å²) in [6, 6.07) is 6.14. The van der Waals surface area contributed by atoms with E-state index in [1.807, 2.05) is 0 Å². The molecule has 72 heavy (non-hydrogen) atoms. The van der Waals surface area contributed by atoms with Crippen molar-refractivity contribution >= 4 is 64.2 Å². The predicted molar refractivity (Wildman–Crippen MR) is 219 cm³/mol. The highest BCUT2D eigenvalue weighted by Gasteiger charge is 2.72. The molecule has 0 amide bonds. The molecule has 1 aromatic carbocycles. The van der Waals surface area contributed by atoms with E-state index >= 15 is 0 Å². The van der Waals surface area contributed by atoms with Crippen LogP contribution in [0.1, 0.15) is 64.2 Å². The second-order valence-electron chi connectivity index (χ2n) is 15.5. The van der Waals surface area contributed by atoms with E-state index in [0.29, 0.717) is 22.7 Å². The SMILES string of the molecule is C=C1C=CC(=[N+](CCCCCCC(COS(=O)(O)=NS(=O)(=O)C(F)(F)F)(C(F)(F)F)C(F)(F)F)c2ccc([N+](=C)CCCCCCC(CS(=O)(=O)ON=S(=O)(OF)C(F)F)(C(F)(F)F)C(F)(F)F)cc2)C=C1. The third kappa shape index (κ3) is 17.1. The van der Waals surface area contributed by atoms with Crippen LogP contribution in [0, 0.1) is 10.8 Å². The van der Waals surface area contributed by atoms with Gasteiger partial charge in [0.05, 0.1) is 6.61 Å². The van der Waals surface area contributed by atoms with Crippen molar-refractivity contribution in [1.29, 1.82) is 0 Å². The zero-order chi connectivity index (χ0) is 55.6. The van der Waals surface area contributed by atoms with E-state index in [9.17, 15) is 109 Å². The summed E-state index contributed by atoms with van der Waals surface area (Å²) < 4.78 is 337. The fraction of sp³-hybridized carbons (Fsp3) is 0.611. The van der Waals surface area contributed by atoms with Gasteiger partial charge in [-0.2, -0.15) is 100 Å². The van der Waals surface area contributed by atoms with Gasteiger partial charge in [0.2, 0.25) is 17.1 Å². The van der Waals surface area contributed by atoms with E-state index in [4.69, 9.17) is 0 Å². The van der Waals surface area contributed by atoms with Crippen LogP contribution in [0.2, 0.25) is 0 Å². The number of allylic oxidation sites excluding steroid dienone is 5. The van der Waals surface area contributed by atoms with Crippen molar-refractivity contribution in [2.75, 3.05) is 25.4 Å². The van der Waals surface area contributed by atoms with Crippen molar-refractivity contribution in [3.63, 3.8) is 0 Å². The molecule has 0 bridgehead atoms. The van der Waals surface area contributed by atoms with Crippen LogP contribution < -0.4 is 0 Å². The van der Waals surface area contributed by atoms with E-state index in [0.717, 1.165) is 0 Å². The first-order valence-corrected chi connectivity index (χ1v) is 25.8. The largest absolute Gasteiger partial charge is 0.519 e. The summed E-state index contributed by atoms with van der Waals surface area (Å²) in [5.41, 5.74) is -14.4. The Kier molecular flexibility index (Phi) is 21.6. The summed E-state index contributed by atoms with van der Waals surface area (Å²) in [6.07, 6.45) is -25.1. The van der Waals surface area contributed by atoms with Gasteiger partial charge >= 0.3 is 56.3 Å². The van der Waals surface area contributed by atoms with Gasteiger partial charge in [-0.05, 0) is 52.5 Å². The van der Waals surface area contributed by atoms with Gasteiger partial charge in [-0.3, -0.25) is 8.74 Å². The smallest absolute Gasteiger partial charge is 0.278 e. The number of rotatable bonds is 26. The quantitative estimate of drug-likeness (QED) is 0.0308. The number of alkyl halides is 17. The average molecular weight is 1160 g/mol. The lowest BCUT2D eigenvalue weighted by Crippen LogP contribution is -2.54. The van der Waals surface area contributed by atoms with E-state index < -0.39 is 125 Å². The first kappa shape index (κ1) is 64.3. The molecule has 1 N–H and O–H groups in total. The number of benzene rings is 1. The van der Waals surface area contributed by atoms with Crippen molar-refractivity contribution in [3.05, 3.63) is 60.7 Å². The summed E-state index contributed by atoms with van der Waals surface area (Å²) in [7, 11) is -25.3. The van der Waals surface area contributed by atoms with Gasteiger partial charge in [0, 0.05) is 49.3 Å². The molecule has 0 saturated heterocycles. The zero-order valence-corrected chi connectivity index (χ0v) is 39.6. The van der Waals surface area contributed by atoms with Crippen molar-refractivity contribution in [2.45, 2.75) is 100 Å². The molecule has 0 fully saturated rings. The minimum Gasteiger partial charge on any atom is -0.278 e. The summed E-state index contributed by atoms with van der Waals surface area (Å²) >= 11 is 0. The molecule has 2 atom stereocenters. The van der Waals surface area contributed by atoms with Crippen molar-refractivity contribution < 1.29 is 131 Å². The average Bonchev–Trinajstić information content (AvgIpc) is 3.22. The van der Waals surface area contributed by atoms with Gasteiger partial charge < -0.3 is 0 Å². The standard InChI is InChI=1S/C36H41F18N4O10S4/c1-25-11-13-27(14-12-25)58(22-10-6-4-7-19-30(32(39,40)41,33(42,43)44)23-66-72(64,65)56-71(62,63)36(51,52)53)28-17-15-26(16-18-28)57(2)21-9-5-3-8-20-31(34(45,46)47,35(48,49)50)24-69(59,60)68-55-70(61,67-54)29(37)38/h11-18,29H,1-10,19-24H2/q+1/p+1. The Labute approximate surface area is 399 Å². The fourth-order valence-corrected chi connectivity index (χ4v) is 10.2. The van der Waals surface area contributed by atoms with Gasteiger partial charge in [0.25, 0.3) is 20.1 Å². The summed E-state index contributed by atoms with van der Waals surface area (Å²) in [5.74, 6) is -7.41. The normalized spacial score (nSPS) is 16.4. The number of hydrogen-bond donors (Lipinski definition) is 1. The molecule has 1 aliphatic carbocycles. The highest BCUT2D eigenvalue weighted by Crippen LogP contribution is 2.55. The molecule has 0 heterocycles. The Morgan fingerprint density at radius 2 is 1.06 bits per heavy atom. The second-order valence-corrected chi connectivity index (χ2v) is 21.8. The third-order valence-corrected chi connectivity index (χ3v) is 15.1. The first-order valence-electron chi connectivity index (χ1n) is 19.9. The zero-order valence-electron chi connectivity index (χ0n) is 36.4. The topological polar surface area (TPSA) is 181 Å². The Balaban J connectivity index is 2.16. The second kappa shape index (κ2) is 24.2. The molecule has 36 heteroatoms. The van der Waals surface area contributed by atoms with E-state index in [2.05, 4.69) is 26.2 Å². The summed E-state index contributed by atoms with van der Waals surface area (Å²) in [5, 5.41) is 0. The van der Waals surface area contributed by atoms with Gasteiger partial charge in [0.15, 0.2) is 10.8 Å². The molecule has 2 rings (SSSR count). The molecular formula is C36H42F18N4O10S4+2. The lowest BCUT2D eigenvalue weighted by molar-refractivity contribution is -0.441. The lowest BCUT2D eigenvalue weighted by Gasteiger charge is -2.36. The molecule has 1 aliphatic rings. The Hall–Kier alpha value is -3.84. The third-order valence-electron chi connectivity index (χ3n) is 10.4. The minimum absolute atomic E-state index is 0.0335. The van der Waals surface area contributed by atoms with Crippen LogP contribution in [0.15, 0.2) is 69.0 Å². The number of nitrogens with zero attached hydrogens (tertiary/aromatic N) is 4. The summed E-state index contributed by atoms with van der Waals surface area (Å²) in [6.45, 7) is 4.84. The van der Waals surface area contributed by atoms with E-state index in [-0.39, 0.29) is 51.6 Å². The maximum absolute atomic E-state index is 14.0. The number of halogens is 18. The van der Waals surface area contributed by atoms with Crippen molar-refractivity contribution in [2.24, 2.45) is 19.1 Å². The maximum atomic E-state index is 14.0. The van der Waals surface area contributed by atoms with Crippen molar-refractivity contribution in [1.82, 2.24) is 0 Å². The maximum Gasteiger partial charge on any atom is 0.519 e. The molecule has 0 spiro atoms. The van der Waals surface area contributed by atoms with Crippen LogP contribution in [0.3, 0.4) is 0 Å². The van der Waals surface area contributed by atoms with Crippen LogP contribution in [0.25, 0.3) is 0 Å². The molecule has 0 aromatic heterocycles. The molecule has 0 aliphatic heterocycles. The van der Waals surface area contributed by atoms with Crippen LogP contribution in [-0.4, -0.2) is 113 Å². The molecule has 0 radical (unpaired) electrons. The van der Waals surface area contributed by atoms with Crippen LogP contribution >= 0.6 is 0 Å². The minimum atomic E-state index is -6.89. The Morgan fingerprint density at radius 3 is 1.49 bits per heavy atom. The highest BCUT2D eigenvalue weighted by atomic mass is 32.3. The van der Waals surface area contributed by atoms with Crippen LogP contribution in [0.5, 0.6) is 0 Å². The van der Waals surface area contributed by atoms with Gasteiger partial charge in [-0.1, -0.05) is 40.4 Å². The molecule has 0 saturated carbocycles. The van der Waals surface area contributed by atoms with Crippen molar-refractivity contribution in [3.8, 4) is 0 Å². The molecular weight excluding hydrogens is 1120 g/mol. The Morgan fingerprint density at radius 1 is 0.625 bits per heavy atom. The Bertz CT molecular complexity index is 2600. The molecule has 1 aromatic rings. The lowest BCUT2D eigenvalue weighted by atomic mass is 9.81. The predicted octanol–water partition coefficient (Wildman–Crippen LogP) is 11.4. The monoisotopic (exact) mass is 1160 g/mol.